The number of anilines is 1. The molecule has 1 fully saturated rings. The van der Waals surface area contributed by atoms with Crippen LogP contribution in [0, 0.1) is 6.92 Å². The van der Waals surface area contributed by atoms with Crippen molar-refractivity contribution < 1.29 is 4.79 Å². The van der Waals surface area contributed by atoms with Crippen molar-refractivity contribution in [2.75, 3.05) is 33.1 Å². The van der Waals surface area contributed by atoms with Crippen LogP contribution in [0.5, 0.6) is 0 Å². The Morgan fingerprint density at radius 2 is 1.96 bits per heavy atom. The van der Waals surface area contributed by atoms with Gasteiger partial charge in [-0.25, -0.2) is 4.79 Å². The second-order valence-electron chi connectivity index (χ2n) is 6.98. The number of amides is 2. The Morgan fingerprint density at radius 3 is 2.57 bits per heavy atom. The number of aryl methyl sites for hydroxylation is 1. The summed E-state index contributed by atoms with van der Waals surface area (Å²) < 4.78 is 0. The SMILES string of the molecule is Cc1ccc(CNC(=O)N[C@H]2CC[C@@H](N(C)C)C2)c(N(C)C)c1. The van der Waals surface area contributed by atoms with E-state index in [1.54, 1.807) is 0 Å². The number of rotatable bonds is 5. The van der Waals surface area contributed by atoms with Crippen LogP contribution in [-0.2, 0) is 6.54 Å². The fourth-order valence-electron chi connectivity index (χ4n) is 3.21. The van der Waals surface area contributed by atoms with Crippen molar-refractivity contribution in [3.8, 4) is 0 Å². The Morgan fingerprint density at radius 1 is 1.22 bits per heavy atom. The van der Waals surface area contributed by atoms with Crippen molar-refractivity contribution in [2.45, 2.75) is 44.8 Å². The molecule has 2 atom stereocenters. The molecule has 0 aliphatic heterocycles. The van der Waals surface area contributed by atoms with E-state index in [9.17, 15) is 4.79 Å². The monoisotopic (exact) mass is 318 g/mol. The number of nitrogens with zero attached hydrogens (tertiary/aromatic N) is 2. The molecule has 0 bridgehead atoms. The average molecular weight is 318 g/mol. The largest absolute Gasteiger partial charge is 0.377 e. The van der Waals surface area contributed by atoms with Gasteiger partial charge in [-0.05, 0) is 57.5 Å². The molecule has 0 radical (unpaired) electrons. The summed E-state index contributed by atoms with van der Waals surface area (Å²) in [6.45, 7) is 2.63. The van der Waals surface area contributed by atoms with E-state index in [4.69, 9.17) is 0 Å². The van der Waals surface area contributed by atoms with Crippen LogP contribution in [0.4, 0.5) is 10.5 Å². The molecule has 0 saturated heterocycles. The summed E-state index contributed by atoms with van der Waals surface area (Å²) in [5.41, 5.74) is 3.51. The Hall–Kier alpha value is -1.75. The molecule has 1 saturated carbocycles. The van der Waals surface area contributed by atoms with Gasteiger partial charge in [0, 0.05) is 38.4 Å². The highest BCUT2D eigenvalue weighted by Gasteiger charge is 2.26. The van der Waals surface area contributed by atoms with Crippen molar-refractivity contribution in [2.24, 2.45) is 0 Å². The molecule has 0 unspecified atom stereocenters. The average Bonchev–Trinajstić information content (AvgIpc) is 2.94. The molecule has 0 aromatic heterocycles. The molecular formula is C18H30N4O. The summed E-state index contributed by atoms with van der Waals surface area (Å²) in [7, 11) is 8.26. The summed E-state index contributed by atoms with van der Waals surface area (Å²) in [5.74, 6) is 0. The van der Waals surface area contributed by atoms with Crippen LogP contribution in [0.25, 0.3) is 0 Å². The van der Waals surface area contributed by atoms with Gasteiger partial charge >= 0.3 is 6.03 Å². The van der Waals surface area contributed by atoms with Gasteiger partial charge in [0.1, 0.15) is 0 Å². The number of nitrogens with one attached hydrogen (secondary N) is 2. The van der Waals surface area contributed by atoms with E-state index in [2.05, 4.69) is 59.7 Å². The molecular weight excluding hydrogens is 288 g/mol. The Kier molecular flexibility index (Phi) is 5.88. The number of carbonyl (C=O) groups is 1. The first kappa shape index (κ1) is 17.6. The van der Waals surface area contributed by atoms with E-state index in [0.29, 0.717) is 12.6 Å². The third kappa shape index (κ3) is 4.86. The highest BCUT2D eigenvalue weighted by Crippen LogP contribution is 2.22. The minimum atomic E-state index is -0.0697. The van der Waals surface area contributed by atoms with Crippen LogP contribution in [0.1, 0.15) is 30.4 Å². The normalized spacial score (nSPS) is 20.6. The second kappa shape index (κ2) is 7.68. The number of hydrogen-bond donors (Lipinski definition) is 2. The van der Waals surface area contributed by atoms with Gasteiger partial charge in [0.25, 0.3) is 0 Å². The molecule has 1 aromatic carbocycles. The quantitative estimate of drug-likeness (QED) is 0.876. The van der Waals surface area contributed by atoms with Gasteiger partial charge in [-0.3, -0.25) is 0 Å². The fraction of sp³-hybridized carbons (Fsp3) is 0.611. The van der Waals surface area contributed by atoms with E-state index in [-0.39, 0.29) is 12.1 Å². The standard InChI is InChI=1S/C18H30N4O/c1-13-6-7-14(17(10-13)22(4)5)12-19-18(23)20-15-8-9-16(11-15)21(2)3/h6-7,10,15-16H,8-9,11-12H2,1-5H3,(H2,19,20,23)/t15-,16+/m0/s1. The van der Waals surface area contributed by atoms with Crippen LogP contribution < -0.4 is 15.5 Å². The topological polar surface area (TPSA) is 47.6 Å². The maximum absolute atomic E-state index is 12.1. The van der Waals surface area contributed by atoms with Gasteiger partial charge in [0.15, 0.2) is 0 Å². The van der Waals surface area contributed by atoms with Crippen LogP contribution in [0.2, 0.25) is 0 Å². The zero-order chi connectivity index (χ0) is 17.0. The molecule has 5 nitrogen and oxygen atoms in total. The lowest BCUT2D eigenvalue weighted by Crippen LogP contribution is -2.41. The highest BCUT2D eigenvalue weighted by molar-refractivity contribution is 5.74. The molecule has 2 rings (SSSR count). The molecule has 0 heterocycles. The van der Waals surface area contributed by atoms with Crippen molar-refractivity contribution in [3.63, 3.8) is 0 Å². The molecule has 2 N–H and O–H groups in total. The smallest absolute Gasteiger partial charge is 0.315 e. The van der Waals surface area contributed by atoms with Crippen LogP contribution in [0.15, 0.2) is 18.2 Å². The van der Waals surface area contributed by atoms with E-state index in [1.165, 1.54) is 5.56 Å². The van der Waals surface area contributed by atoms with E-state index in [0.717, 1.165) is 30.5 Å². The van der Waals surface area contributed by atoms with Crippen LogP contribution in [0.3, 0.4) is 0 Å². The van der Waals surface area contributed by atoms with Crippen molar-refractivity contribution in [3.05, 3.63) is 29.3 Å². The van der Waals surface area contributed by atoms with E-state index in [1.807, 2.05) is 14.1 Å². The fourth-order valence-corrected chi connectivity index (χ4v) is 3.21. The lowest BCUT2D eigenvalue weighted by molar-refractivity contribution is 0.235. The Labute approximate surface area is 140 Å². The molecule has 2 amide bonds. The maximum atomic E-state index is 12.1. The molecule has 5 heteroatoms. The van der Waals surface area contributed by atoms with E-state index < -0.39 is 0 Å². The number of hydrogen-bond acceptors (Lipinski definition) is 3. The predicted molar refractivity (Wildman–Crippen MR) is 96.0 cm³/mol. The summed E-state index contributed by atoms with van der Waals surface area (Å²) in [6.07, 6.45) is 3.25. The lowest BCUT2D eigenvalue weighted by Gasteiger charge is -2.20. The number of urea groups is 1. The molecule has 1 aromatic rings. The molecule has 0 spiro atoms. The minimum Gasteiger partial charge on any atom is -0.377 e. The van der Waals surface area contributed by atoms with Crippen molar-refractivity contribution >= 4 is 11.7 Å². The first-order valence-corrected chi connectivity index (χ1v) is 8.34. The summed E-state index contributed by atoms with van der Waals surface area (Å²) in [4.78, 5) is 16.5. The summed E-state index contributed by atoms with van der Waals surface area (Å²) in [5, 5.41) is 6.10. The van der Waals surface area contributed by atoms with Gasteiger partial charge in [-0.1, -0.05) is 12.1 Å². The maximum Gasteiger partial charge on any atom is 0.315 e. The van der Waals surface area contributed by atoms with Crippen molar-refractivity contribution in [1.29, 1.82) is 0 Å². The molecule has 128 valence electrons. The number of carbonyl (C=O) groups excluding carboxylic acids is 1. The van der Waals surface area contributed by atoms with Gasteiger partial charge in [0.2, 0.25) is 0 Å². The lowest BCUT2D eigenvalue weighted by atomic mass is 10.1. The molecule has 1 aliphatic rings. The van der Waals surface area contributed by atoms with Gasteiger partial charge in [-0.2, -0.15) is 0 Å². The van der Waals surface area contributed by atoms with Gasteiger partial charge in [-0.15, -0.1) is 0 Å². The highest BCUT2D eigenvalue weighted by atomic mass is 16.2. The second-order valence-corrected chi connectivity index (χ2v) is 6.98. The third-order valence-electron chi connectivity index (χ3n) is 4.63. The van der Waals surface area contributed by atoms with Crippen LogP contribution in [-0.4, -0.2) is 51.2 Å². The number of benzene rings is 1. The third-order valence-corrected chi connectivity index (χ3v) is 4.63. The zero-order valence-corrected chi connectivity index (χ0v) is 15.0. The van der Waals surface area contributed by atoms with Crippen molar-refractivity contribution in [1.82, 2.24) is 15.5 Å². The molecule has 23 heavy (non-hydrogen) atoms. The van der Waals surface area contributed by atoms with Crippen LogP contribution >= 0.6 is 0 Å². The predicted octanol–water partition coefficient (Wildman–Crippen LogP) is 2.34. The summed E-state index contributed by atoms with van der Waals surface area (Å²) in [6, 6.07) is 7.11. The first-order chi connectivity index (χ1) is 10.9. The minimum absolute atomic E-state index is 0.0697. The zero-order valence-electron chi connectivity index (χ0n) is 15.0. The molecule has 1 aliphatic carbocycles. The first-order valence-electron chi connectivity index (χ1n) is 8.34. The summed E-state index contributed by atoms with van der Waals surface area (Å²) >= 11 is 0. The van der Waals surface area contributed by atoms with Gasteiger partial charge < -0.3 is 20.4 Å². The Balaban J connectivity index is 1.86. The Bertz CT molecular complexity index is 542. The van der Waals surface area contributed by atoms with Gasteiger partial charge in [0.05, 0.1) is 0 Å². The van der Waals surface area contributed by atoms with E-state index >= 15 is 0 Å².